The van der Waals surface area contributed by atoms with E-state index in [4.69, 9.17) is 14.0 Å². The van der Waals surface area contributed by atoms with Crippen LogP contribution in [0.4, 0.5) is 13.2 Å². The summed E-state index contributed by atoms with van der Waals surface area (Å²) in [5, 5.41) is 0. The Balaban J connectivity index is 1.68. The van der Waals surface area contributed by atoms with Gasteiger partial charge in [0.25, 0.3) is 0 Å². The summed E-state index contributed by atoms with van der Waals surface area (Å²) in [6.45, 7) is 4.97. The highest BCUT2D eigenvalue weighted by Crippen LogP contribution is 2.32. The lowest BCUT2D eigenvalue weighted by molar-refractivity contribution is -0.211. The van der Waals surface area contributed by atoms with Gasteiger partial charge >= 0.3 is 12.1 Å². The molecular weight excluding hydrogens is 401 g/mol. The van der Waals surface area contributed by atoms with E-state index < -0.39 is 17.7 Å². The largest absolute Gasteiger partial charge is 0.486 e. The van der Waals surface area contributed by atoms with Crippen molar-refractivity contribution < 1.29 is 36.9 Å². The second-order valence-electron chi connectivity index (χ2n) is 6.67. The number of hydrogen-bond donors (Lipinski definition) is 0. The molecule has 0 saturated carbocycles. The van der Waals surface area contributed by atoms with E-state index in [1.165, 1.54) is 19.1 Å². The van der Waals surface area contributed by atoms with Gasteiger partial charge in [-0.05, 0) is 55.8 Å². The Labute approximate surface area is 170 Å². The highest BCUT2D eigenvalue weighted by Gasteiger charge is 2.30. The summed E-state index contributed by atoms with van der Waals surface area (Å²) in [5.74, 6) is 1.39. The highest BCUT2D eigenvalue weighted by molar-refractivity contribution is 5.65. The van der Waals surface area contributed by atoms with Gasteiger partial charge in [-0.1, -0.05) is 12.1 Å². The molecular formula is C22H19F3O5. The predicted molar refractivity (Wildman–Crippen MR) is 102 cm³/mol. The first-order valence-electron chi connectivity index (χ1n) is 8.99. The summed E-state index contributed by atoms with van der Waals surface area (Å²) < 4.78 is 49.7. The molecule has 0 radical (unpaired) electrons. The van der Waals surface area contributed by atoms with Crippen molar-refractivity contribution in [1.82, 2.24) is 0 Å². The quantitative estimate of drug-likeness (QED) is 0.361. The first kappa shape index (κ1) is 21.3. The third-order valence-corrected chi connectivity index (χ3v) is 4.28. The molecule has 0 aliphatic carbocycles. The van der Waals surface area contributed by atoms with Crippen molar-refractivity contribution in [2.24, 2.45) is 0 Å². The summed E-state index contributed by atoms with van der Waals surface area (Å²) in [5.41, 5.74) is 1.35. The molecule has 0 saturated heterocycles. The fourth-order valence-electron chi connectivity index (χ4n) is 2.69. The standard InChI is InChI=1S/C22H19F3O5/c1-13-10-18(8-9-19(13)30-29-15(3)26)27-12-21-14(2)11-20(28-21)16-4-6-17(7-5-16)22(23,24)25/h4-11H,12H2,1-3H3. The fraction of sp³-hybridized carbons (Fsp3) is 0.227. The highest BCUT2D eigenvalue weighted by atomic mass is 19.4. The molecule has 0 aliphatic rings. The van der Waals surface area contributed by atoms with E-state index in [1.807, 2.05) is 6.92 Å². The van der Waals surface area contributed by atoms with E-state index in [9.17, 15) is 18.0 Å². The molecule has 0 atom stereocenters. The molecule has 8 heteroatoms. The van der Waals surface area contributed by atoms with Crippen molar-refractivity contribution in [1.29, 1.82) is 0 Å². The average Bonchev–Trinajstić information content (AvgIpc) is 3.05. The Kier molecular flexibility index (Phi) is 6.05. The van der Waals surface area contributed by atoms with Crippen molar-refractivity contribution in [3.63, 3.8) is 0 Å². The molecule has 0 bridgehead atoms. The second kappa shape index (κ2) is 8.52. The molecule has 2 aromatic carbocycles. The van der Waals surface area contributed by atoms with Crippen LogP contribution in [0, 0.1) is 13.8 Å². The zero-order valence-corrected chi connectivity index (χ0v) is 16.5. The number of carbonyl (C=O) groups is 1. The number of ether oxygens (including phenoxy) is 1. The minimum atomic E-state index is -4.38. The molecule has 3 rings (SSSR count). The monoisotopic (exact) mass is 420 g/mol. The van der Waals surface area contributed by atoms with Gasteiger partial charge in [0.05, 0.1) is 5.56 Å². The molecule has 158 valence electrons. The third kappa shape index (κ3) is 5.14. The van der Waals surface area contributed by atoms with Crippen LogP contribution in [-0.4, -0.2) is 5.97 Å². The van der Waals surface area contributed by atoms with Gasteiger partial charge in [0, 0.05) is 18.1 Å². The van der Waals surface area contributed by atoms with Gasteiger partial charge in [0.2, 0.25) is 0 Å². The van der Waals surface area contributed by atoms with Gasteiger partial charge in [-0.2, -0.15) is 13.2 Å². The molecule has 0 fully saturated rings. The number of carbonyl (C=O) groups excluding carboxylic acids is 1. The third-order valence-electron chi connectivity index (χ3n) is 4.28. The molecule has 1 aromatic heterocycles. The Morgan fingerprint density at radius 1 is 1.00 bits per heavy atom. The predicted octanol–water partition coefficient (Wildman–Crippen LogP) is 6.02. The SMILES string of the molecule is CC(=O)OOc1ccc(OCc2oc(-c3ccc(C(F)(F)F)cc3)cc2C)cc1C. The Morgan fingerprint density at radius 3 is 2.30 bits per heavy atom. The number of halogens is 3. The zero-order valence-electron chi connectivity index (χ0n) is 16.5. The lowest BCUT2D eigenvalue weighted by Gasteiger charge is -2.09. The number of rotatable bonds is 6. The lowest BCUT2D eigenvalue weighted by Crippen LogP contribution is -2.04. The van der Waals surface area contributed by atoms with E-state index >= 15 is 0 Å². The molecule has 0 amide bonds. The van der Waals surface area contributed by atoms with Crippen LogP contribution < -0.4 is 9.62 Å². The first-order chi connectivity index (χ1) is 14.1. The topological polar surface area (TPSA) is 57.9 Å². The zero-order chi connectivity index (χ0) is 21.9. The van der Waals surface area contributed by atoms with Crippen LogP contribution in [0.25, 0.3) is 11.3 Å². The maximum Gasteiger partial charge on any atom is 0.416 e. The van der Waals surface area contributed by atoms with Gasteiger partial charge in [-0.25, -0.2) is 4.79 Å². The van der Waals surface area contributed by atoms with Crippen LogP contribution >= 0.6 is 0 Å². The van der Waals surface area contributed by atoms with Crippen molar-refractivity contribution in [2.45, 2.75) is 33.6 Å². The molecule has 30 heavy (non-hydrogen) atoms. The summed E-state index contributed by atoms with van der Waals surface area (Å²) in [4.78, 5) is 20.2. The molecule has 0 spiro atoms. The number of alkyl halides is 3. The van der Waals surface area contributed by atoms with Crippen LogP contribution in [0.5, 0.6) is 11.5 Å². The summed E-state index contributed by atoms with van der Waals surface area (Å²) >= 11 is 0. The Hall–Kier alpha value is -3.42. The molecule has 0 N–H and O–H groups in total. The molecule has 1 heterocycles. The van der Waals surface area contributed by atoms with Crippen LogP contribution in [0.3, 0.4) is 0 Å². The summed E-state index contributed by atoms with van der Waals surface area (Å²) in [6.07, 6.45) is -4.38. The van der Waals surface area contributed by atoms with Gasteiger partial charge in [-0.3, -0.25) is 9.78 Å². The molecule has 0 aliphatic heterocycles. The first-order valence-corrected chi connectivity index (χ1v) is 8.99. The van der Waals surface area contributed by atoms with E-state index in [-0.39, 0.29) is 6.61 Å². The Bertz CT molecular complexity index is 1040. The number of furan rings is 1. The van der Waals surface area contributed by atoms with Crippen LogP contribution in [0.1, 0.15) is 29.4 Å². The lowest BCUT2D eigenvalue weighted by atomic mass is 10.1. The average molecular weight is 420 g/mol. The molecule has 3 aromatic rings. The van der Waals surface area contributed by atoms with Crippen LogP contribution in [-0.2, 0) is 22.5 Å². The smallest absolute Gasteiger partial charge is 0.416 e. The minimum Gasteiger partial charge on any atom is -0.486 e. The minimum absolute atomic E-state index is 0.135. The maximum absolute atomic E-state index is 12.7. The van der Waals surface area contributed by atoms with Gasteiger partial charge in [0.15, 0.2) is 5.75 Å². The molecule has 0 unspecified atom stereocenters. The number of aryl methyl sites for hydroxylation is 2. The second-order valence-corrected chi connectivity index (χ2v) is 6.67. The van der Waals surface area contributed by atoms with Crippen molar-refractivity contribution in [2.75, 3.05) is 0 Å². The normalized spacial score (nSPS) is 11.3. The summed E-state index contributed by atoms with van der Waals surface area (Å²) in [7, 11) is 0. The van der Waals surface area contributed by atoms with E-state index in [2.05, 4.69) is 4.89 Å². The van der Waals surface area contributed by atoms with Gasteiger partial charge < -0.3 is 9.15 Å². The van der Waals surface area contributed by atoms with Crippen molar-refractivity contribution >= 4 is 5.97 Å². The van der Waals surface area contributed by atoms with E-state index in [0.717, 1.165) is 17.7 Å². The van der Waals surface area contributed by atoms with Crippen molar-refractivity contribution in [3.8, 4) is 22.8 Å². The maximum atomic E-state index is 12.7. The van der Waals surface area contributed by atoms with Crippen LogP contribution in [0.2, 0.25) is 0 Å². The Morgan fingerprint density at radius 2 is 1.70 bits per heavy atom. The van der Waals surface area contributed by atoms with Crippen molar-refractivity contribution in [3.05, 3.63) is 71.0 Å². The van der Waals surface area contributed by atoms with E-state index in [1.54, 1.807) is 31.2 Å². The summed E-state index contributed by atoms with van der Waals surface area (Å²) in [6, 6.07) is 11.5. The van der Waals surface area contributed by atoms with Gasteiger partial charge in [-0.15, -0.1) is 0 Å². The van der Waals surface area contributed by atoms with E-state index in [0.29, 0.717) is 34.1 Å². The number of hydrogen-bond acceptors (Lipinski definition) is 5. The molecule has 5 nitrogen and oxygen atoms in total. The fourth-order valence-corrected chi connectivity index (χ4v) is 2.69. The number of benzene rings is 2. The van der Waals surface area contributed by atoms with Crippen LogP contribution in [0.15, 0.2) is 52.9 Å². The van der Waals surface area contributed by atoms with Gasteiger partial charge in [0.1, 0.15) is 23.9 Å².